The van der Waals surface area contributed by atoms with E-state index in [2.05, 4.69) is 0 Å². The summed E-state index contributed by atoms with van der Waals surface area (Å²) in [6.07, 6.45) is -14.6. The number of hydrogen-bond donors (Lipinski definition) is 10. The van der Waals surface area contributed by atoms with Gasteiger partial charge in [0, 0.05) is 23.8 Å². The van der Waals surface area contributed by atoms with Crippen molar-refractivity contribution in [3.05, 3.63) is 76.5 Å². The number of aromatic hydroxyl groups is 5. The van der Waals surface area contributed by atoms with E-state index >= 15 is 0 Å². The largest absolute Gasteiger partial charge is 0.508 e. The van der Waals surface area contributed by atoms with E-state index in [0.717, 1.165) is 30.3 Å². The molecule has 0 radical (unpaired) electrons. The number of aliphatic hydroxyl groups is 5. The molecule has 0 aliphatic carbocycles. The van der Waals surface area contributed by atoms with E-state index < -0.39 is 119 Å². The summed E-state index contributed by atoms with van der Waals surface area (Å²) in [4.78, 5) is 26.8. The first-order valence-electron chi connectivity index (χ1n) is 16.3. The fraction of sp³-hybridized carbons (Fsp3) is 0.333. The third-order valence-corrected chi connectivity index (χ3v) is 8.82. The van der Waals surface area contributed by atoms with Crippen LogP contribution in [0, 0.1) is 0 Å². The number of benzene rings is 3. The number of carbonyl (C=O) groups is 1. The predicted octanol–water partition coefficient (Wildman–Crippen LogP) is 0.283. The number of ether oxygens (including phenoxy) is 5. The van der Waals surface area contributed by atoms with Gasteiger partial charge in [-0.2, -0.15) is 0 Å². The molecule has 0 saturated carbocycles. The van der Waals surface area contributed by atoms with Gasteiger partial charge in [-0.15, -0.1) is 0 Å². The van der Waals surface area contributed by atoms with Crippen molar-refractivity contribution in [2.75, 3.05) is 6.61 Å². The van der Waals surface area contributed by atoms with Crippen LogP contribution in [0.5, 0.6) is 34.5 Å². The van der Waals surface area contributed by atoms with Gasteiger partial charge >= 0.3 is 5.97 Å². The van der Waals surface area contributed by atoms with E-state index in [0.29, 0.717) is 5.56 Å². The van der Waals surface area contributed by atoms with Crippen LogP contribution >= 0.6 is 0 Å². The Labute approximate surface area is 304 Å². The molecule has 4 aromatic rings. The van der Waals surface area contributed by atoms with Crippen molar-refractivity contribution in [2.24, 2.45) is 0 Å². The van der Waals surface area contributed by atoms with Gasteiger partial charge in [0.25, 0.3) is 0 Å². The summed E-state index contributed by atoms with van der Waals surface area (Å²) < 4.78 is 34.1. The van der Waals surface area contributed by atoms with Gasteiger partial charge in [0.1, 0.15) is 64.8 Å². The second-order valence-corrected chi connectivity index (χ2v) is 12.6. The van der Waals surface area contributed by atoms with Crippen LogP contribution in [-0.4, -0.2) is 125 Å². The number of hydrogen-bond acceptors (Lipinski definition) is 18. The Hall–Kier alpha value is -5.44. The molecule has 3 aromatic carbocycles. The van der Waals surface area contributed by atoms with Crippen LogP contribution in [0.3, 0.4) is 0 Å². The minimum absolute atomic E-state index is 0.0137. The number of aliphatic hydroxyl groups excluding tert-OH is 5. The van der Waals surface area contributed by atoms with Gasteiger partial charge in [-0.3, -0.25) is 4.79 Å². The van der Waals surface area contributed by atoms with E-state index in [4.69, 9.17) is 28.1 Å². The molecule has 0 bridgehead atoms. The molecule has 54 heavy (non-hydrogen) atoms. The zero-order chi connectivity index (χ0) is 39.0. The van der Waals surface area contributed by atoms with Crippen LogP contribution in [0.4, 0.5) is 0 Å². The molecular formula is C36H36O18. The summed E-state index contributed by atoms with van der Waals surface area (Å²) in [5, 5.41) is 103. The SMILES string of the molecule is C[C@@H]1O[C@@H](OC[C@@H]2O[C@@H](Oc3c(-c4ccc(O)c(O)c4)oc4cc(O)cc(O)c4c3=O)[C@@H](O)[C@@H](O)[C@H]2OC(=O)/C=C/c2ccc(O)cc2)[C@H](O)[C@@H](O)[C@H]1O. The van der Waals surface area contributed by atoms with Gasteiger partial charge < -0.3 is 79.2 Å². The number of phenols is 5. The first-order valence-corrected chi connectivity index (χ1v) is 16.3. The Kier molecular flexibility index (Phi) is 11.0. The Balaban J connectivity index is 1.34. The average Bonchev–Trinajstić information content (AvgIpc) is 3.13. The molecule has 10 atom stereocenters. The van der Waals surface area contributed by atoms with Gasteiger partial charge in [0.15, 0.2) is 29.7 Å². The first kappa shape index (κ1) is 38.3. The summed E-state index contributed by atoms with van der Waals surface area (Å²) in [7, 11) is 0. The van der Waals surface area contributed by atoms with E-state index in [1.807, 2.05) is 0 Å². The highest BCUT2D eigenvalue weighted by Crippen LogP contribution is 2.39. The molecule has 2 aliphatic heterocycles. The molecule has 10 N–H and O–H groups in total. The van der Waals surface area contributed by atoms with Gasteiger partial charge in [0.05, 0.1) is 12.7 Å². The van der Waals surface area contributed by atoms with Gasteiger partial charge in [0.2, 0.25) is 17.5 Å². The molecule has 18 heteroatoms. The Morgan fingerprint density at radius 2 is 1.46 bits per heavy atom. The van der Waals surface area contributed by atoms with E-state index in [9.17, 15) is 60.7 Å². The van der Waals surface area contributed by atoms with Crippen molar-refractivity contribution in [3.63, 3.8) is 0 Å². The maximum atomic E-state index is 13.9. The van der Waals surface area contributed by atoms with Crippen molar-refractivity contribution >= 4 is 23.0 Å². The van der Waals surface area contributed by atoms with E-state index in [1.165, 1.54) is 43.3 Å². The highest BCUT2D eigenvalue weighted by molar-refractivity contribution is 5.88. The van der Waals surface area contributed by atoms with Crippen LogP contribution in [0.15, 0.2) is 69.9 Å². The Morgan fingerprint density at radius 1 is 0.759 bits per heavy atom. The number of esters is 1. The van der Waals surface area contributed by atoms with Crippen LogP contribution in [0.25, 0.3) is 28.4 Å². The van der Waals surface area contributed by atoms with Crippen LogP contribution in [-0.2, 0) is 23.7 Å². The van der Waals surface area contributed by atoms with Crippen molar-refractivity contribution in [1.29, 1.82) is 0 Å². The molecule has 288 valence electrons. The lowest BCUT2D eigenvalue weighted by Crippen LogP contribution is -2.62. The van der Waals surface area contributed by atoms with E-state index in [-0.39, 0.29) is 16.9 Å². The minimum atomic E-state index is -2.08. The van der Waals surface area contributed by atoms with Crippen molar-refractivity contribution in [3.8, 4) is 45.8 Å². The summed E-state index contributed by atoms with van der Waals surface area (Å²) in [5.74, 6) is -4.59. The van der Waals surface area contributed by atoms with Crippen LogP contribution in [0.1, 0.15) is 12.5 Å². The molecule has 2 fully saturated rings. The van der Waals surface area contributed by atoms with Gasteiger partial charge in [-0.05, 0) is 48.9 Å². The molecule has 0 spiro atoms. The minimum Gasteiger partial charge on any atom is -0.508 e. The van der Waals surface area contributed by atoms with Crippen molar-refractivity contribution in [1.82, 2.24) is 0 Å². The topological polar surface area (TPSA) is 296 Å². The second-order valence-electron chi connectivity index (χ2n) is 12.6. The molecule has 0 unspecified atom stereocenters. The zero-order valence-electron chi connectivity index (χ0n) is 28.1. The lowest BCUT2D eigenvalue weighted by Gasteiger charge is -2.43. The quantitative estimate of drug-likeness (QED) is 0.0623. The fourth-order valence-electron chi connectivity index (χ4n) is 5.89. The smallest absolute Gasteiger partial charge is 0.331 e. The number of carbonyl (C=O) groups excluding carboxylic acids is 1. The monoisotopic (exact) mass is 756 g/mol. The first-order chi connectivity index (χ1) is 25.6. The number of fused-ring (bicyclic) bond motifs is 1. The summed E-state index contributed by atoms with van der Waals surface area (Å²) in [5.41, 5.74) is -0.977. The van der Waals surface area contributed by atoms with Crippen LogP contribution in [0.2, 0.25) is 0 Å². The molecule has 0 amide bonds. The third-order valence-electron chi connectivity index (χ3n) is 8.82. The highest BCUT2D eigenvalue weighted by atomic mass is 16.7. The van der Waals surface area contributed by atoms with E-state index in [1.54, 1.807) is 0 Å². The Morgan fingerprint density at radius 3 is 2.17 bits per heavy atom. The third kappa shape index (κ3) is 7.77. The van der Waals surface area contributed by atoms with Crippen molar-refractivity contribution < 1.29 is 84.0 Å². The summed E-state index contributed by atoms with van der Waals surface area (Å²) in [6.45, 7) is 0.716. The number of rotatable bonds is 9. The normalized spacial score (nSPS) is 28.6. The summed E-state index contributed by atoms with van der Waals surface area (Å²) in [6, 6.07) is 10.9. The fourth-order valence-corrected chi connectivity index (χ4v) is 5.89. The van der Waals surface area contributed by atoms with Crippen LogP contribution < -0.4 is 10.2 Å². The lowest BCUT2D eigenvalue weighted by atomic mass is 9.98. The molecule has 1 aromatic heterocycles. The molecule has 6 rings (SSSR count). The predicted molar refractivity (Wildman–Crippen MR) is 181 cm³/mol. The maximum Gasteiger partial charge on any atom is 0.331 e. The molecule has 3 heterocycles. The Bertz CT molecular complexity index is 2080. The molecular weight excluding hydrogens is 720 g/mol. The molecule has 2 saturated heterocycles. The zero-order valence-corrected chi connectivity index (χ0v) is 28.1. The van der Waals surface area contributed by atoms with Gasteiger partial charge in [-0.25, -0.2) is 4.79 Å². The lowest BCUT2D eigenvalue weighted by molar-refractivity contribution is -0.319. The second kappa shape index (κ2) is 15.5. The highest BCUT2D eigenvalue weighted by Gasteiger charge is 2.50. The van der Waals surface area contributed by atoms with Gasteiger partial charge in [-0.1, -0.05) is 12.1 Å². The summed E-state index contributed by atoms with van der Waals surface area (Å²) >= 11 is 0. The molecule has 18 nitrogen and oxygen atoms in total. The van der Waals surface area contributed by atoms with Crippen molar-refractivity contribution in [2.45, 2.75) is 68.3 Å². The molecule has 2 aliphatic rings. The average molecular weight is 757 g/mol. The maximum absolute atomic E-state index is 13.9. The standard InChI is InChI=1S/C36H36O18/c1-14-26(43)28(45)30(47)35(50-14)49-13-23-33(53-24(42)9-4-15-2-6-17(37)7-3-15)29(46)31(48)36(52-23)54-34-27(44)25-21(41)11-18(38)12-22(25)51-32(34)16-5-8-19(39)20(40)10-16/h2-12,14,23,26,28-31,33,35-41,43,45-48H,13H2,1H3/b9-4+/t14-,23-,26-,28-,29+,30+,31-,33-,35+,36-/m0/s1. The number of phenolic OH excluding ortho intramolecular Hbond substituents is 5.